The molecule has 1 heterocycles. The number of amides is 1. The van der Waals surface area contributed by atoms with E-state index in [1.807, 2.05) is 0 Å². The third-order valence-corrected chi connectivity index (χ3v) is 3.70. The Balaban J connectivity index is 1.89. The number of alkyl halides is 3. The molecule has 6 nitrogen and oxygen atoms in total. The van der Waals surface area contributed by atoms with Gasteiger partial charge in [0.25, 0.3) is 0 Å². The predicted molar refractivity (Wildman–Crippen MR) is 79.7 cm³/mol. The number of carboxylic acid groups (broad SMARTS) is 1. The zero-order valence-electron chi connectivity index (χ0n) is 12.4. The second-order valence-electron chi connectivity index (χ2n) is 5.38. The minimum atomic E-state index is -4.53. The Hall–Kier alpha value is -2.03. The number of halogens is 4. The number of aliphatic carboxylic acids is 1. The minimum absolute atomic E-state index is 0.0111. The van der Waals surface area contributed by atoms with Gasteiger partial charge in [-0.25, -0.2) is 4.98 Å². The molecule has 0 aliphatic heterocycles. The van der Waals surface area contributed by atoms with Crippen molar-refractivity contribution in [3.05, 3.63) is 22.8 Å². The largest absolute Gasteiger partial charge is 0.480 e. The smallest absolute Gasteiger partial charge is 0.417 e. The van der Waals surface area contributed by atoms with Crippen LogP contribution in [0.1, 0.15) is 24.8 Å². The number of rotatable bonds is 7. The Bertz CT molecular complexity index is 635. The Morgan fingerprint density at radius 2 is 2.08 bits per heavy atom. The Morgan fingerprint density at radius 3 is 2.58 bits per heavy atom. The molecule has 1 aliphatic carbocycles. The molecular weight excluding hydrogens is 351 g/mol. The topological polar surface area (TPSA) is 82.5 Å². The van der Waals surface area contributed by atoms with Crippen molar-refractivity contribution in [1.82, 2.24) is 9.88 Å². The quantitative estimate of drug-likeness (QED) is 0.776. The number of nitrogens with zero attached hydrogens (tertiary/aromatic N) is 2. The number of pyridine rings is 1. The lowest BCUT2D eigenvalue weighted by atomic mass is 10.2. The molecule has 24 heavy (non-hydrogen) atoms. The fraction of sp³-hybridized carbons (Fsp3) is 0.500. The molecule has 1 amide bonds. The number of carbonyl (C=O) groups excluding carboxylic acids is 1. The van der Waals surface area contributed by atoms with Crippen molar-refractivity contribution in [3.63, 3.8) is 0 Å². The van der Waals surface area contributed by atoms with Crippen LogP contribution in [-0.2, 0) is 15.8 Å². The first-order valence-corrected chi connectivity index (χ1v) is 7.54. The van der Waals surface area contributed by atoms with E-state index in [0.29, 0.717) is 6.20 Å². The van der Waals surface area contributed by atoms with Gasteiger partial charge in [-0.15, -0.1) is 0 Å². The first-order valence-electron chi connectivity index (χ1n) is 7.16. The fourth-order valence-electron chi connectivity index (χ4n) is 2.11. The predicted octanol–water partition coefficient (Wildman–Crippen LogP) is 2.63. The molecule has 0 radical (unpaired) electrons. The summed E-state index contributed by atoms with van der Waals surface area (Å²) in [5, 5.41) is 11.3. The lowest BCUT2D eigenvalue weighted by Gasteiger charge is -2.20. The minimum Gasteiger partial charge on any atom is -0.480 e. The summed E-state index contributed by atoms with van der Waals surface area (Å²) in [6, 6.07) is 0.709. The van der Waals surface area contributed by atoms with E-state index in [4.69, 9.17) is 16.7 Å². The van der Waals surface area contributed by atoms with Gasteiger partial charge >= 0.3 is 12.1 Å². The first kappa shape index (κ1) is 18.3. The average Bonchev–Trinajstić information content (AvgIpc) is 3.29. The summed E-state index contributed by atoms with van der Waals surface area (Å²) >= 11 is 5.74. The van der Waals surface area contributed by atoms with Crippen LogP contribution in [-0.4, -0.2) is 46.0 Å². The molecule has 2 rings (SSSR count). The average molecular weight is 366 g/mol. The summed E-state index contributed by atoms with van der Waals surface area (Å²) in [7, 11) is 0. The van der Waals surface area contributed by atoms with E-state index >= 15 is 0 Å². The molecule has 1 aliphatic rings. The highest BCUT2D eigenvalue weighted by Gasteiger charge is 2.33. The number of nitrogens with one attached hydrogen (secondary N) is 1. The van der Waals surface area contributed by atoms with Crippen molar-refractivity contribution >= 4 is 29.3 Å². The molecule has 0 saturated heterocycles. The summed E-state index contributed by atoms with van der Waals surface area (Å²) in [6.07, 6.45) is -2.34. The number of hydrogen-bond donors (Lipinski definition) is 2. The van der Waals surface area contributed by atoms with E-state index in [1.165, 1.54) is 4.90 Å². The monoisotopic (exact) mass is 365 g/mol. The van der Waals surface area contributed by atoms with Crippen LogP contribution in [0.4, 0.5) is 19.0 Å². The second-order valence-corrected chi connectivity index (χ2v) is 5.78. The van der Waals surface area contributed by atoms with Crippen molar-refractivity contribution in [2.75, 3.05) is 18.4 Å². The molecule has 10 heteroatoms. The van der Waals surface area contributed by atoms with E-state index in [-0.39, 0.29) is 42.3 Å². The number of carboxylic acids is 1. The summed E-state index contributed by atoms with van der Waals surface area (Å²) in [5.41, 5.74) is -0.963. The van der Waals surface area contributed by atoms with Gasteiger partial charge in [0.05, 0.1) is 10.6 Å². The van der Waals surface area contributed by atoms with Gasteiger partial charge in [-0.2, -0.15) is 13.2 Å². The number of carbonyl (C=O) groups is 2. The molecule has 1 aromatic rings. The highest BCUT2D eigenvalue weighted by molar-refractivity contribution is 6.32. The standard InChI is InChI=1S/C14H15ClF3N3O3/c15-10-5-8(14(16,17)18)6-20-13(10)19-4-3-11(22)21(7-12(23)24)9-1-2-9/h5-6,9H,1-4,7H2,(H,19,20)(H,23,24). The van der Waals surface area contributed by atoms with Gasteiger partial charge in [0.1, 0.15) is 12.4 Å². The van der Waals surface area contributed by atoms with Crippen molar-refractivity contribution in [1.29, 1.82) is 0 Å². The zero-order chi connectivity index (χ0) is 17.9. The third-order valence-electron chi connectivity index (χ3n) is 3.41. The molecular formula is C14H15ClF3N3O3. The van der Waals surface area contributed by atoms with E-state index in [1.54, 1.807) is 0 Å². The molecule has 132 valence electrons. The lowest BCUT2D eigenvalue weighted by Crippen LogP contribution is -2.38. The first-order chi connectivity index (χ1) is 11.2. The van der Waals surface area contributed by atoms with Crippen molar-refractivity contribution in [2.24, 2.45) is 0 Å². The summed E-state index contributed by atoms with van der Waals surface area (Å²) in [4.78, 5) is 27.7. The van der Waals surface area contributed by atoms with Gasteiger partial charge < -0.3 is 15.3 Å². The maximum Gasteiger partial charge on any atom is 0.417 e. The van der Waals surface area contributed by atoms with Crippen molar-refractivity contribution < 1.29 is 27.9 Å². The van der Waals surface area contributed by atoms with Gasteiger partial charge in [-0.3, -0.25) is 9.59 Å². The summed E-state index contributed by atoms with van der Waals surface area (Å²) in [6.45, 7) is -0.275. The number of aromatic nitrogens is 1. The molecule has 1 saturated carbocycles. The Kier molecular flexibility index (Phi) is 5.53. The molecule has 0 unspecified atom stereocenters. The highest BCUT2D eigenvalue weighted by atomic mass is 35.5. The van der Waals surface area contributed by atoms with Crippen LogP contribution in [0.2, 0.25) is 5.02 Å². The number of hydrogen-bond acceptors (Lipinski definition) is 4. The van der Waals surface area contributed by atoms with Crippen molar-refractivity contribution in [2.45, 2.75) is 31.5 Å². The molecule has 0 spiro atoms. The van der Waals surface area contributed by atoms with Gasteiger partial charge in [-0.1, -0.05) is 11.6 Å². The van der Waals surface area contributed by atoms with Crippen LogP contribution in [0.25, 0.3) is 0 Å². The van der Waals surface area contributed by atoms with Crippen LogP contribution in [0.5, 0.6) is 0 Å². The highest BCUT2D eigenvalue weighted by Crippen LogP contribution is 2.32. The van der Waals surface area contributed by atoms with Crippen LogP contribution >= 0.6 is 11.6 Å². The molecule has 0 bridgehead atoms. The van der Waals surface area contributed by atoms with Gasteiger partial charge in [0.15, 0.2) is 0 Å². The lowest BCUT2D eigenvalue weighted by molar-refractivity contribution is -0.144. The van der Waals surface area contributed by atoms with Gasteiger partial charge in [0, 0.05) is 25.2 Å². The van der Waals surface area contributed by atoms with E-state index in [2.05, 4.69) is 10.3 Å². The Labute approximate surface area is 140 Å². The molecule has 1 aromatic heterocycles. The van der Waals surface area contributed by atoms with Crippen LogP contribution in [0.15, 0.2) is 12.3 Å². The maximum atomic E-state index is 12.5. The van der Waals surface area contributed by atoms with E-state index in [9.17, 15) is 22.8 Å². The molecule has 2 N–H and O–H groups in total. The van der Waals surface area contributed by atoms with Crippen LogP contribution in [0, 0.1) is 0 Å². The summed E-state index contributed by atoms with van der Waals surface area (Å²) < 4.78 is 37.5. The number of anilines is 1. The third kappa shape index (κ3) is 4.98. The molecule has 0 atom stereocenters. The fourth-order valence-corrected chi connectivity index (χ4v) is 2.34. The van der Waals surface area contributed by atoms with Gasteiger partial charge in [-0.05, 0) is 18.9 Å². The van der Waals surface area contributed by atoms with Crippen LogP contribution in [0.3, 0.4) is 0 Å². The summed E-state index contributed by atoms with van der Waals surface area (Å²) in [5.74, 6) is -1.39. The molecule has 1 fully saturated rings. The van der Waals surface area contributed by atoms with Crippen molar-refractivity contribution in [3.8, 4) is 0 Å². The normalized spacial score (nSPS) is 14.3. The van der Waals surface area contributed by atoms with E-state index < -0.39 is 17.7 Å². The zero-order valence-corrected chi connectivity index (χ0v) is 13.2. The van der Waals surface area contributed by atoms with Gasteiger partial charge in [0.2, 0.25) is 5.91 Å². The SMILES string of the molecule is O=C(O)CN(C(=O)CCNc1ncc(C(F)(F)F)cc1Cl)C1CC1. The molecule has 0 aromatic carbocycles. The maximum absolute atomic E-state index is 12.5. The Morgan fingerprint density at radius 1 is 1.42 bits per heavy atom. The second kappa shape index (κ2) is 7.25. The van der Waals surface area contributed by atoms with E-state index in [0.717, 1.165) is 18.9 Å². The van der Waals surface area contributed by atoms with Crippen LogP contribution < -0.4 is 5.32 Å².